The maximum Gasteiger partial charge on any atom is 0.0922 e. The first-order valence-electron chi connectivity index (χ1n) is 5.13. The van der Waals surface area contributed by atoms with E-state index in [0.717, 1.165) is 12.5 Å². The van der Waals surface area contributed by atoms with Crippen LogP contribution in [-0.2, 0) is 6.54 Å². The highest BCUT2D eigenvalue weighted by molar-refractivity contribution is 4.93. The van der Waals surface area contributed by atoms with Crippen LogP contribution in [0.3, 0.4) is 0 Å². The van der Waals surface area contributed by atoms with Crippen LogP contribution < -0.4 is 5.32 Å². The predicted molar refractivity (Wildman–Crippen MR) is 52.3 cm³/mol. The summed E-state index contributed by atoms with van der Waals surface area (Å²) in [6.07, 6.45) is 9.28. The van der Waals surface area contributed by atoms with Crippen molar-refractivity contribution >= 4 is 0 Å². The van der Waals surface area contributed by atoms with Gasteiger partial charge in [-0.05, 0) is 25.3 Å². The zero-order valence-corrected chi connectivity index (χ0v) is 7.92. The van der Waals surface area contributed by atoms with Crippen molar-refractivity contribution in [1.29, 1.82) is 0 Å². The number of hydrogen-bond donors (Lipinski definition) is 2. The number of aromatic amines is 1. The number of rotatable bonds is 4. The molecule has 13 heavy (non-hydrogen) atoms. The molecule has 1 fully saturated rings. The van der Waals surface area contributed by atoms with Crippen LogP contribution in [0.25, 0.3) is 0 Å². The molecule has 0 unspecified atom stereocenters. The van der Waals surface area contributed by atoms with Crippen molar-refractivity contribution in [3.63, 3.8) is 0 Å². The second kappa shape index (κ2) is 4.42. The minimum absolute atomic E-state index is 0.919. The number of imidazole rings is 1. The van der Waals surface area contributed by atoms with Gasteiger partial charge in [-0.15, -0.1) is 0 Å². The number of H-pyrrole nitrogens is 1. The molecule has 2 N–H and O–H groups in total. The van der Waals surface area contributed by atoms with Gasteiger partial charge in [0.05, 0.1) is 6.33 Å². The number of aromatic nitrogens is 2. The first-order chi connectivity index (χ1) is 6.45. The molecule has 72 valence electrons. The second-order valence-electron chi connectivity index (χ2n) is 3.86. The summed E-state index contributed by atoms with van der Waals surface area (Å²) < 4.78 is 0. The van der Waals surface area contributed by atoms with E-state index >= 15 is 0 Å². The van der Waals surface area contributed by atoms with Crippen LogP contribution in [0.4, 0.5) is 0 Å². The van der Waals surface area contributed by atoms with Gasteiger partial charge in [0.1, 0.15) is 0 Å². The van der Waals surface area contributed by atoms with Gasteiger partial charge in [-0.3, -0.25) is 0 Å². The minimum Gasteiger partial charge on any atom is -0.347 e. The van der Waals surface area contributed by atoms with Crippen LogP contribution in [0.5, 0.6) is 0 Å². The number of nitrogens with zero attached hydrogens (tertiary/aromatic N) is 1. The van der Waals surface area contributed by atoms with Crippen LogP contribution in [0.15, 0.2) is 12.5 Å². The van der Waals surface area contributed by atoms with Crippen molar-refractivity contribution in [2.75, 3.05) is 6.54 Å². The zero-order chi connectivity index (χ0) is 8.93. The van der Waals surface area contributed by atoms with Gasteiger partial charge in [0, 0.05) is 18.4 Å². The summed E-state index contributed by atoms with van der Waals surface area (Å²) in [6.45, 7) is 2.09. The SMILES string of the molecule is c1ncc(CNCC2CCCC2)[nH]1. The largest absolute Gasteiger partial charge is 0.347 e. The van der Waals surface area contributed by atoms with Crippen LogP contribution in [0, 0.1) is 5.92 Å². The molecule has 0 radical (unpaired) electrons. The van der Waals surface area contributed by atoms with E-state index in [4.69, 9.17) is 0 Å². The molecular weight excluding hydrogens is 162 g/mol. The third-order valence-corrected chi connectivity index (χ3v) is 2.78. The Labute approximate surface area is 79.0 Å². The standard InChI is InChI=1S/C10H17N3/c1-2-4-9(3-1)5-11-6-10-7-12-8-13-10/h7-9,11H,1-6H2,(H,12,13). The molecule has 0 aliphatic heterocycles. The summed E-state index contributed by atoms with van der Waals surface area (Å²) in [5.41, 5.74) is 1.18. The third kappa shape index (κ3) is 2.56. The Morgan fingerprint density at radius 1 is 1.46 bits per heavy atom. The maximum atomic E-state index is 3.98. The van der Waals surface area contributed by atoms with Crippen molar-refractivity contribution in [2.24, 2.45) is 5.92 Å². The predicted octanol–water partition coefficient (Wildman–Crippen LogP) is 1.69. The number of hydrogen-bond acceptors (Lipinski definition) is 2. The zero-order valence-electron chi connectivity index (χ0n) is 7.92. The monoisotopic (exact) mass is 179 g/mol. The van der Waals surface area contributed by atoms with E-state index < -0.39 is 0 Å². The highest BCUT2D eigenvalue weighted by atomic mass is 14.9. The van der Waals surface area contributed by atoms with Gasteiger partial charge in [0.2, 0.25) is 0 Å². The van der Waals surface area contributed by atoms with E-state index in [1.54, 1.807) is 6.33 Å². The molecule has 1 saturated carbocycles. The van der Waals surface area contributed by atoms with Crippen LogP contribution in [0.1, 0.15) is 31.4 Å². The van der Waals surface area contributed by atoms with E-state index in [2.05, 4.69) is 15.3 Å². The quantitative estimate of drug-likeness (QED) is 0.738. The molecule has 0 atom stereocenters. The normalized spacial score (nSPS) is 18.2. The molecule has 1 aromatic rings. The van der Waals surface area contributed by atoms with Gasteiger partial charge in [-0.25, -0.2) is 4.98 Å². The Kier molecular flexibility index (Phi) is 2.98. The summed E-state index contributed by atoms with van der Waals surface area (Å²) in [5, 5.41) is 3.46. The molecule has 3 heteroatoms. The Hall–Kier alpha value is -0.830. The topological polar surface area (TPSA) is 40.7 Å². The summed E-state index contributed by atoms with van der Waals surface area (Å²) in [6, 6.07) is 0. The Balaban J connectivity index is 1.63. The Morgan fingerprint density at radius 2 is 2.31 bits per heavy atom. The summed E-state index contributed by atoms with van der Waals surface area (Å²) >= 11 is 0. The first kappa shape index (κ1) is 8.75. The summed E-state index contributed by atoms with van der Waals surface area (Å²) in [5.74, 6) is 0.919. The van der Waals surface area contributed by atoms with Crippen LogP contribution >= 0.6 is 0 Å². The molecule has 0 amide bonds. The average Bonchev–Trinajstić information content (AvgIpc) is 2.75. The molecule has 0 spiro atoms. The van der Waals surface area contributed by atoms with Crippen LogP contribution in [-0.4, -0.2) is 16.5 Å². The Bertz CT molecular complexity index is 224. The lowest BCUT2D eigenvalue weighted by Crippen LogP contribution is -2.20. The van der Waals surface area contributed by atoms with E-state index in [1.807, 2.05) is 6.20 Å². The smallest absolute Gasteiger partial charge is 0.0922 e. The van der Waals surface area contributed by atoms with E-state index in [1.165, 1.54) is 37.9 Å². The molecule has 0 saturated heterocycles. The molecule has 0 bridgehead atoms. The fourth-order valence-electron chi connectivity index (χ4n) is 2.01. The van der Waals surface area contributed by atoms with Crippen LogP contribution in [0.2, 0.25) is 0 Å². The van der Waals surface area contributed by atoms with Gasteiger partial charge in [0.25, 0.3) is 0 Å². The van der Waals surface area contributed by atoms with Crippen molar-refractivity contribution in [3.05, 3.63) is 18.2 Å². The van der Waals surface area contributed by atoms with E-state index in [9.17, 15) is 0 Å². The molecular formula is C10H17N3. The van der Waals surface area contributed by atoms with Crippen molar-refractivity contribution in [2.45, 2.75) is 32.2 Å². The lowest BCUT2D eigenvalue weighted by molar-refractivity contribution is 0.487. The molecule has 3 nitrogen and oxygen atoms in total. The van der Waals surface area contributed by atoms with Gasteiger partial charge in [-0.1, -0.05) is 12.8 Å². The van der Waals surface area contributed by atoms with Gasteiger partial charge in [-0.2, -0.15) is 0 Å². The van der Waals surface area contributed by atoms with Crippen molar-refractivity contribution in [1.82, 2.24) is 15.3 Å². The summed E-state index contributed by atoms with van der Waals surface area (Å²) in [7, 11) is 0. The molecule has 1 heterocycles. The van der Waals surface area contributed by atoms with E-state index in [0.29, 0.717) is 0 Å². The number of nitrogens with one attached hydrogen (secondary N) is 2. The van der Waals surface area contributed by atoms with Crippen molar-refractivity contribution < 1.29 is 0 Å². The first-order valence-corrected chi connectivity index (χ1v) is 5.13. The summed E-state index contributed by atoms with van der Waals surface area (Å²) in [4.78, 5) is 7.07. The molecule has 1 aliphatic rings. The van der Waals surface area contributed by atoms with Gasteiger partial charge < -0.3 is 10.3 Å². The lowest BCUT2D eigenvalue weighted by Gasteiger charge is -2.08. The second-order valence-corrected chi connectivity index (χ2v) is 3.86. The van der Waals surface area contributed by atoms with Gasteiger partial charge >= 0.3 is 0 Å². The molecule has 2 rings (SSSR count). The lowest BCUT2D eigenvalue weighted by atomic mass is 10.1. The Morgan fingerprint density at radius 3 is 3.00 bits per heavy atom. The van der Waals surface area contributed by atoms with Gasteiger partial charge in [0.15, 0.2) is 0 Å². The van der Waals surface area contributed by atoms with E-state index in [-0.39, 0.29) is 0 Å². The molecule has 1 aromatic heterocycles. The maximum absolute atomic E-state index is 3.98. The highest BCUT2D eigenvalue weighted by Crippen LogP contribution is 2.23. The average molecular weight is 179 g/mol. The molecule has 0 aromatic carbocycles. The highest BCUT2D eigenvalue weighted by Gasteiger charge is 2.13. The fraction of sp³-hybridized carbons (Fsp3) is 0.700. The fourth-order valence-corrected chi connectivity index (χ4v) is 2.01. The van der Waals surface area contributed by atoms with Crippen molar-refractivity contribution in [3.8, 4) is 0 Å². The molecule has 1 aliphatic carbocycles. The third-order valence-electron chi connectivity index (χ3n) is 2.78. The minimum atomic E-state index is 0.919.